The Morgan fingerprint density at radius 3 is 2.50 bits per heavy atom. The van der Waals surface area contributed by atoms with Gasteiger partial charge in [0.25, 0.3) is 0 Å². The minimum atomic E-state index is -0.325. The highest BCUT2D eigenvalue weighted by atomic mass is 16.2. The molecule has 2 rings (SSSR count). The average molecular weight is 293 g/mol. The molecule has 0 heterocycles. The van der Waals surface area contributed by atoms with Gasteiger partial charge in [-0.3, -0.25) is 9.59 Å². The number of carbonyl (C=O) groups excluding carboxylic acids is 2. The van der Waals surface area contributed by atoms with Crippen molar-refractivity contribution in [2.45, 2.75) is 6.92 Å². The molecule has 5 nitrogen and oxygen atoms in total. The normalized spacial score (nSPS) is 9.64. The van der Waals surface area contributed by atoms with Crippen LogP contribution in [0, 0.1) is 11.3 Å². The number of benzene rings is 2. The molecule has 0 saturated carbocycles. The first-order valence-corrected chi connectivity index (χ1v) is 6.73. The van der Waals surface area contributed by atoms with E-state index in [2.05, 4.69) is 5.32 Å². The van der Waals surface area contributed by atoms with E-state index in [9.17, 15) is 9.59 Å². The van der Waals surface area contributed by atoms with Gasteiger partial charge in [0.15, 0.2) is 0 Å². The first kappa shape index (κ1) is 15.3. The Morgan fingerprint density at radius 1 is 1.14 bits per heavy atom. The van der Waals surface area contributed by atoms with Gasteiger partial charge in [0.2, 0.25) is 11.8 Å². The van der Waals surface area contributed by atoms with Gasteiger partial charge in [-0.2, -0.15) is 5.26 Å². The van der Waals surface area contributed by atoms with Crippen LogP contribution in [0.1, 0.15) is 12.5 Å². The highest BCUT2D eigenvalue weighted by molar-refractivity contribution is 6.01. The molecule has 2 aromatic carbocycles. The summed E-state index contributed by atoms with van der Waals surface area (Å²) in [6.45, 7) is 1.33. The lowest BCUT2D eigenvalue weighted by molar-refractivity contribution is -0.120. The maximum Gasteiger partial charge on any atom is 0.244 e. The zero-order valence-electron chi connectivity index (χ0n) is 12.1. The van der Waals surface area contributed by atoms with E-state index in [1.54, 1.807) is 48.5 Å². The highest BCUT2D eigenvalue weighted by Crippen LogP contribution is 2.14. The van der Waals surface area contributed by atoms with Crippen molar-refractivity contribution in [3.63, 3.8) is 0 Å². The topological polar surface area (TPSA) is 73.2 Å². The number of carbonyl (C=O) groups is 2. The third kappa shape index (κ3) is 3.93. The predicted molar refractivity (Wildman–Crippen MR) is 84.3 cm³/mol. The molecular formula is C17H15N3O2. The number of anilines is 2. The second kappa shape index (κ2) is 7.04. The molecule has 0 atom stereocenters. The van der Waals surface area contributed by atoms with Crippen molar-refractivity contribution in [3.8, 4) is 6.07 Å². The molecule has 1 N–H and O–H groups in total. The van der Waals surface area contributed by atoms with Crippen molar-refractivity contribution < 1.29 is 9.59 Å². The molecule has 0 spiro atoms. The fourth-order valence-corrected chi connectivity index (χ4v) is 2.00. The molecule has 0 aliphatic rings. The van der Waals surface area contributed by atoms with Gasteiger partial charge in [0, 0.05) is 18.3 Å². The summed E-state index contributed by atoms with van der Waals surface area (Å²) in [7, 11) is 0. The molecule has 0 aromatic heterocycles. The number of rotatable bonds is 4. The zero-order valence-corrected chi connectivity index (χ0v) is 12.1. The van der Waals surface area contributed by atoms with Gasteiger partial charge >= 0.3 is 0 Å². The summed E-state index contributed by atoms with van der Waals surface area (Å²) < 4.78 is 0. The first-order valence-electron chi connectivity index (χ1n) is 6.73. The van der Waals surface area contributed by atoms with Crippen molar-refractivity contribution in [1.29, 1.82) is 5.26 Å². The van der Waals surface area contributed by atoms with Gasteiger partial charge < -0.3 is 10.2 Å². The molecular weight excluding hydrogens is 278 g/mol. The molecule has 0 aliphatic carbocycles. The van der Waals surface area contributed by atoms with Crippen LogP contribution in [0.2, 0.25) is 0 Å². The van der Waals surface area contributed by atoms with Gasteiger partial charge in [-0.25, -0.2) is 0 Å². The number of nitriles is 1. The van der Waals surface area contributed by atoms with Crippen molar-refractivity contribution >= 4 is 23.2 Å². The largest absolute Gasteiger partial charge is 0.324 e. The van der Waals surface area contributed by atoms with Gasteiger partial charge in [-0.15, -0.1) is 0 Å². The standard InChI is InChI=1S/C17H15N3O2/c1-13(21)20(16-8-3-2-4-9-16)12-17(22)19-15-7-5-6-14(10-15)11-18/h2-10H,12H2,1H3,(H,19,22). The molecule has 0 saturated heterocycles. The van der Waals surface area contributed by atoms with Crippen LogP contribution in [0.3, 0.4) is 0 Å². The van der Waals surface area contributed by atoms with Gasteiger partial charge in [0.05, 0.1) is 11.6 Å². The molecule has 0 bridgehead atoms. The van der Waals surface area contributed by atoms with E-state index in [1.807, 2.05) is 12.1 Å². The Kier molecular flexibility index (Phi) is 4.89. The van der Waals surface area contributed by atoms with Gasteiger partial charge in [0.1, 0.15) is 6.54 Å². The van der Waals surface area contributed by atoms with Crippen LogP contribution in [0.5, 0.6) is 0 Å². The Morgan fingerprint density at radius 2 is 1.86 bits per heavy atom. The Balaban J connectivity index is 2.09. The number of hydrogen-bond acceptors (Lipinski definition) is 3. The highest BCUT2D eigenvalue weighted by Gasteiger charge is 2.15. The van der Waals surface area contributed by atoms with Crippen molar-refractivity contribution in [1.82, 2.24) is 0 Å². The third-order valence-corrected chi connectivity index (χ3v) is 3.03. The van der Waals surface area contributed by atoms with E-state index >= 15 is 0 Å². The van der Waals surface area contributed by atoms with Crippen LogP contribution in [0.4, 0.5) is 11.4 Å². The minimum Gasteiger partial charge on any atom is -0.324 e. The molecule has 2 aromatic rings. The molecule has 22 heavy (non-hydrogen) atoms. The Hall–Kier alpha value is -3.13. The van der Waals surface area contributed by atoms with E-state index < -0.39 is 0 Å². The number of amides is 2. The number of nitrogens with zero attached hydrogens (tertiary/aromatic N) is 2. The zero-order chi connectivity index (χ0) is 15.9. The summed E-state index contributed by atoms with van der Waals surface area (Å²) in [4.78, 5) is 25.2. The molecule has 110 valence electrons. The molecule has 0 unspecified atom stereocenters. The molecule has 2 amide bonds. The van der Waals surface area contributed by atoms with E-state index in [4.69, 9.17) is 5.26 Å². The summed E-state index contributed by atoms with van der Waals surface area (Å²) in [5, 5.41) is 11.5. The molecule has 0 aliphatic heterocycles. The van der Waals surface area contributed by atoms with Crippen LogP contribution in [0.15, 0.2) is 54.6 Å². The third-order valence-electron chi connectivity index (χ3n) is 3.03. The number of para-hydroxylation sites is 1. The van der Waals surface area contributed by atoms with E-state index in [0.717, 1.165) is 0 Å². The predicted octanol–water partition coefficient (Wildman–Crippen LogP) is 2.55. The van der Waals surface area contributed by atoms with E-state index in [-0.39, 0.29) is 18.4 Å². The molecule has 5 heteroatoms. The fraction of sp³-hybridized carbons (Fsp3) is 0.118. The lowest BCUT2D eigenvalue weighted by atomic mass is 10.2. The molecule has 0 fully saturated rings. The van der Waals surface area contributed by atoms with Crippen LogP contribution >= 0.6 is 0 Å². The monoisotopic (exact) mass is 293 g/mol. The summed E-state index contributed by atoms with van der Waals surface area (Å²) in [5.74, 6) is -0.540. The second-order valence-corrected chi connectivity index (χ2v) is 4.68. The second-order valence-electron chi connectivity index (χ2n) is 4.68. The number of nitrogens with one attached hydrogen (secondary N) is 1. The lowest BCUT2D eigenvalue weighted by Gasteiger charge is -2.20. The van der Waals surface area contributed by atoms with E-state index in [0.29, 0.717) is 16.9 Å². The van der Waals surface area contributed by atoms with Crippen molar-refractivity contribution in [3.05, 3.63) is 60.2 Å². The van der Waals surface area contributed by atoms with Crippen LogP contribution < -0.4 is 10.2 Å². The van der Waals surface area contributed by atoms with Crippen molar-refractivity contribution in [2.75, 3.05) is 16.8 Å². The Labute approximate surface area is 128 Å². The average Bonchev–Trinajstić information content (AvgIpc) is 2.53. The fourth-order valence-electron chi connectivity index (χ4n) is 2.00. The lowest BCUT2D eigenvalue weighted by Crippen LogP contribution is -2.36. The maximum atomic E-state index is 12.1. The summed E-state index contributed by atoms with van der Waals surface area (Å²) in [6.07, 6.45) is 0. The first-order chi connectivity index (χ1) is 10.6. The van der Waals surface area contributed by atoms with E-state index in [1.165, 1.54) is 11.8 Å². The molecule has 0 radical (unpaired) electrons. The number of hydrogen-bond donors (Lipinski definition) is 1. The SMILES string of the molecule is CC(=O)N(CC(=O)Nc1cccc(C#N)c1)c1ccccc1. The maximum absolute atomic E-state index is 12.1. The summed E-state index contributed by atoms with van der Waals surface area (Å²) >= 11 is 0. The minimum absolute atomic E-state index is 0.0872. The van der Waals surface area contributed by atoms with Crippen molar-refractivity contribution in [2.24, 2.45) is 0 Å². The van der Waals surface area contributed by atoms with Crippen LogP contribution in [0.25, 0.3) is 0 Å². The van der Waals surface area contributed by atoms with Crippen LogP contribution in [-0.4, -0.2) is 18.4 Å². The van der Waals surface area contributed by atoms with Gasteiger partial charge in [-0.1, -0.05) is 24.3 Å². The smallest absolute Gasteiger partial charge is 0.244 e. The summed E-state index contributed by atoms with van der Waals surface area (Å²) in [6, 6.07) is 17.6. The van der Waals surface area contributed by atoms with Gasteiger partial charge in [-0.05, 0) is 30.3 Å². The Bertz CT molecular complexity index is 720. The quantitative estimate of drug-likeness (QED) is 0.941. The van der Waals surface area contributed by atoms with Crippen LogP contribution in [-0.2, 0) is 9.59 Å². The summed E-state index contributed by atoms with van der Waals surface area (Å²) in [5.41, 5.74) is 1.65.